The van der Waals surface area contributed by atoms with Crippen LogP contribution < -0.4 is 0 Å². The molecule has 0 N–H and O–H groups in total. The lowest BCUT2D eigenvalue weighted by Gasteiger charge is -2.32. The number of fused-ring (bicyclic) bond motifs is 6. The van der Waals surface area contributed by atoms with Gasteiger partial charge in [-0.05, 0) is 56.5 Å². The Kier molecular flexibility index (Phi) is 4.98. The summed E-state index contributed by atoms with van der Waals surface area (Å²) < 4.78 is 2.42. The average Bonchev–Trinajstić information content (AvgIpc) is 3.31. The minimum atomic E-state index is 0. The minimum Gasteiger partial charge on any atom is -0.344 e. The second-order valence-electron chi connectivity index (χ2n) is 8.13. The van der Waals surface area contributed by atoms with Gasteiger partial charge in [-0.25, -0.2) is 0 Å². The van der Waals surface area contributed by atoms with E-state index in [-0.39, 0.29) is 7.43 Å². The van der Waals surface area contributed by atoms with Crippen LogP contribution in [0.4, 0.5) is 0 Å². The minimum absolute atomic E-state index is 0. The molecule has 2 atom stereocenters. The molecule has 3 aliphatic rings. The molecule has 2 unspecified atom stereocenters. The molecular weight excluding hydrogens is 358 g/mol. The molecule has 5 rings (SSSR count). The number of nitrogens with zero attached hydrogens (tertiary/aromatic N) is 3. The summed E-state index contributed by atoms with van der Waals surface area (Å²) in [5.41, 5.74) is 4.16. The first-order valence-corrected chi connectivity index (χ1v) is 10.3. The van der Waals surface area contributed by atoms with Gasteiger partial charge in [-0.3, -0.25) is 9.69 Å². The Morgan fingerprint density at radius 1 is 1.22 bits per heavy atom. The van der Waals surface area contributed by atoms with Crippen LogP contribution in [0.25, 0.3) is 10.9 Å². The second-order valence-corrected chi connectivity index (χ2v) is 8.56. The highest BCUT2D eigenvalue weighted by atomic mass is 35.5. The Morgan fingerprint density at radius 3 is 2.78 bits per heavy atom. The van der Waals surface area contributed by atoms with E-state index in [4.69, 9.17) is 11.6 Å². The number of rotatable bonds is 3. The van der Waals surface area contributed by atoms with Crippen molar-refractivity contribution in [3.8, 4) is 0 Å². The van der Waals surface area contributed by atoms with E-state index in [0.29, 0.717) is 24.4 Å². The lowest BCUT2D eigenvalue weighted by atomic mass is 9.97. The number of carbonyl (C=O) groups is 1. The lowest BCUT2D eigenvalue weighted by molar-refractivity contribution is -0.130. The Bertz CT molecular complexity index is 868. The largest absolute Gasteiger partial charge is 0.344 e. The SMILES string of the molecule is C.CN1C2CCC1c1c(n(CCC(=O)N3CCCC3)c3ccc(Cl)cc13)C2. The van der Waals surface area contributed by atoms with Gasteiger partial charge < -0.3 is 9.47 Å². The number of likely N-dealkylation sites (N-methyl/N-ethyl adjacent to an activating group) is 1. The summed E-state index contributed by atoms with van der Waals surface area (Å²) in [4.78, 5) is 17.2. The number of aryl methyl sites for hydroxylation is 1. The molecule has 0 spiro atoms. The molecule has 0 saturated carbocycles. The van der Waals surface area contributed by atoms with Crippen LogP contribution >= 0.6 is 11.6 Å². The van der Waals surface area contributed by atoms with Gasteiger partial charge in [0.25, 0.3) is 0 Å². The van der Waals surface area contributed by atoms with Gasteiger partial charge in [-0.2, -0.15) is 0 Å². The van der Waals surface area contributed by atoms with Crippen molar-refractivity contribution >= 4 is 28.4 Å². The third-order valence-corrected chi connectivity index (χ3v) is 7.02. The number of aromatic nitrogens is 1. The van der Waals surface area contributed by atoms with Gasteiger partial charge in [0.15, 0.2) is 0 Å². The van der Waals surface area contributed by atoms with Crippen molar-refractivity contribution in [2.24, 2.45) is 0 Å². The van der Waals surface area contributed by atoms with Crippen molar-refractivity contribution in [1.82, 2.24) is 14.4 Å². The van der Waals surface area contributed by atoms with Crippen molar-refractivity contribution in [3.05, 3.63) is 34.5 Å². The summed E-state index contributed by atoms with van der Waals surface area (Å²) in [5.74, 6) is 0.308. The number of likely N-dealkylation sites (tertiary alicyclic amines) is 1. The van der Waals surface area contributed by atoms with Gasteiger partial charge in [-0.15, -0.1) is 0 Å². The van der Waals surface area contributed by atoms with Gasteiger partial charge in [0, 0.05) is 66.2 Å². The van der Waals surface area contributed by atoms with Gasteiger partial charge in [-0.1, -0.05) is 19.0 Å². The molecule has 146 valence electrons. The van der Waals surface area contributed by atoms with Crippen LogP contribution in [0.2, 0.25) is 5.02 Å². The summed E-state index contributed by atoms with van der Waals surface area (Å²) in [7, 11) is 2.26. The highest BCUT2D eigenvalue weighted by Crippen LogP contribution is 2.47. The van der Waals surface area contributed by atoms with Crippen molar-refractivity contribution in [3.63, 3.8) is 0 Å². The molecule has 2 fully saturated rings. The van der Waals surface area contributed by atoms with E-state index in [2.05, 4.69) is 28.6 Å². The smallest absolute Gasteiger partial charge is 0.224 e. The predicted octanol–water partition coefficient (Wildman–Crippen LogP) is 4.63. The fourth-order valence-corrected chi connectivity index (χ4v) is 5.59. The van der Waals surface area contributed by atoms with E-state index >= 15 is 0 Å². The maximum Gasteiger partial charge on any atom is 0.224 e. The summed E-state index contributed by atoms with van der Waals surface area (Å²) in [6.07, 6.45) is 6.50. The molecule has 1 aromatic heterocycles. The Morgan fingerprint density at radius 2 is 2.00 bits per heavy atom. The molecule has 0 aliphatic carbocycles. The first kappa shape index (κ1) is 18.8. The first-order chi connectivity index (χ1) is 12.6. The molecular formula is C22H30ClN3O. The number of hydrogen-bond donors (Lipinski definition) is 0. The summed E-state index contributed by atoms with van der Waals surface area (Å²) in [6, 6.07) is 7.39. The highest BCUT2D eigenvalue weighted by Gasteiger charge is 2.40. The molecule has 2 bridgehead atoms. The van der Waals surface area contributed by atoms with Crippen molar-refractivity contribution in [1.29, 1.82) is 0 Å². The van der Waals surface area contributed by atoms with E-state index < -0.39 is 0 Å². The molecule has 2 aromatic rings. The summed E-state index contributed by atoms with van der Waals surface area (Å²) in [6.45, 7) is 2.66. The zero-order valence-electron chi connectivity index (χ0n) is 15.4. The number of benzene rings is 1. The second kappa shape index (κ2) is 7.14. The van der Waals surface area contributed by atoms with Crippen LogP contribution in [-0.2, 0) is 17.8 Å². The molecule has 27 heavy (non-hydrogen) atoms. The summed E-state index contributed by atoms with van der Waals surface area (Å²) in [5, 5.41) is 2.09. The van der Waals surface area contributed by atoms with Crippen molar-refractivity contribution in [2.45, 2.75) is 64.6 Å². The zero-order valence-corrected chi connectivity index (χ0v) is 16.1. The lowest BCUT2D eigenvalue weighted by Crippen LogP contribution is -2.35. The van der Waals surface area contributed by atoms with Gasteiger partial charge in [0.2, 0.25) is 5.91 Å². The van der Waals surface area contributed by atoms with E-state index in [1.807, 2.05) is 11.0 Å². The fraction of sp³-hybridized carbons (Fsp3) is 0.591. The number of amides is 1. The average molecular weight is 388 g/mol. The number of hydrogen-bond acceptors (Lipinski definition) is 2. The monoisotopic (exact) mass is 387 g/mol. The number of halogens is 1. The Labute approximate surface area is 167 Å². The van der Waals surface area contributed by atoms with Gasteiger partial charge >= 0.3 is 0 Å². The molecule has 1 amide bonds. The third-order valence-electron chi connectivity index (χ3n) is 6.79. The van der Waals surface area contributed by atoms with Crippen LogP contribution in [0.15, 0.2) is 18.2 Å². The fourth-order valence-electron chi connectivity index (χ4n) is 5.41. The highest BCUT2D eigenvalue weighted by molar-refractivity contribution is 6.31. The molecule has 4 nitrogen and oxygen atoms in total. The normalized spacial score (nSPS) is 24.3. The molecule has 3 aliphatic heterocycles. The Balaban J connectivity index is 0.00000180. The van der Waals surface area contributed by atoms with Crippen molar-refractivity contribution in [2.75, 3.05) is 20.1 Å². The van der Waals surface area contributed by atoms with E-state index in [9.17, 15) is 4.79 Å². The third kappa shape index (κ3) is 2.98. The standard InChI is InChI=1S/C21H26ClN3O.CH4/c1-23-15-5-7-18(23)21-16-12-14(22)4-6-17(16)25(19(21)13-15)11-8-20(26)24-9-2-3-10-24;/h4,6,12,15,18H,2-3,5,7-11,13H2,1H3;1H4. The number of carbonyl (C=O) groups excluding carboxylic acids is 1. The van der Waals surface area contributed by atoms with E-state index in [1.54, 1.807) is 0 Å². The zero-order chi connectivity index (χ0) is 17.8. The van der Waals surface area contributed by atoms with Gasteiger partial charge in [0.1, 0.15) is 0 Å². The molecule has 1 aromatic carbocycles. The van der Waals surface area contributed by atoms with Crippen LogP contribution in [-0.4, -0.2) is 46.5 Å². The quantitative estimate of drug-likeness (QED) is 0.767. The molecule has 0 radical (unpaired) electrons. The van der Waals surface area contributed by atoms with Gasteiger partial charge in [0.05, 0.1) is 0 Å². The topological polar surface area (TPSA) is 28.5 Å². The van der Waals surface area contributed by atoms with Crippen LogP contribution in [0.3, 0.4) is 0 Å². The summed E-state index contributed by atoms with van der Waals surface area (Å²) >= 11 is 6.34. The maximum absolute atomic E-state index is 12.6. The van der Waals surface area contributed by atoms with E-state index in [0.717, 1.165) is 43.9 Å². The predicted molar refractivity (Wildman–Crippen MR) is 111 cm³/mol. The molecule has 2 saturated heterocycles. The molecule has 4 heterocycles. The van der Waals surface area contributed by atoms with E-state index in [1.165, 1.54) is 35.0 Å². The first-order valence-electron chi connectivity index (χ1n) is 9.93. The Hall–Kier alpha value is -1.52. The molecule has 5 heteroatoms. The van der Waals surface area contributed by atoms with Crippen LogP contribution in [0.1, 0.15) is 56.8 Å². The van der Waals surface area contributed by atoms with Crippen LogP contribution in [0, 0.1) is 0 Å². The van der Waals surface area contributed by atoms with Crippen LogP contribution in [0.5, 0.6) is 0 Å². The maximum atomic E-state index is 12.6. The van der Waals surface area contributed by atoms with Crippen molar-refractivity contribution < 1.29 is 4.79 Å².